The number of rotatable bonds is 2. The summed E-state index contributed by atoms with van der Waals surface area (Å²) < 4.78 is 0.816. The topological polar surface area (TPSA) is 71.8 Å². The normalized spacial score (nSPS) is 10.4. The summed E-state index contributed by atoms with van der Waals surface area (Å²) in [5.41, 5.74) is 1.63. The highest BCUT2D eigenvalue weighted by Gasteiger charge is 2.05. The highest BCUT2D eigenvalue weighted by Crippen LogP contribution is 2.23. The maximum Gasteiger partial charge on any atom is 0.203 e. The van der Waals surface area contributed by atoms with Gasteiger partial charge in [0.1, 0.15) is 0 Å². The molecule has 1 aromatic carbocycles. The minimum atomic E-state index is -0.00782. The van der Waals surface area contributed by atoms with Gasteiger partial charge in [0.25, 0.3) is 0 Å². The third-order valence-electron chi connectivity index (χ3n) is 2.06. The van der Waals surface area contributed by atoms with Crippen molar-refractivity contribution in [3.8, 4) is 11.4 Å². The van der Waals surface area contributed by atoms with E-state index in [4.69, 9.17) is 5.11 Å². The van der Waals surface area contributed by atoms with E-state index >= 15 is 0 Å². The van der Waals surface area contributed by atoms with E-state index < -0.39 is 0 Å². The van der Waals surface area contributed by atoms with Gasteiger partial charge in [-0.1, -0.05) is 28.1 Å². The Balaban J connectivity index is 2.41. The summed E-state index contributed by atoms with van der Waals surface area (Å²) in [6.07, 6.45) is 0. The van der Waals surface area contributed by atoms with Crippen LogP contribution in [-0.2, 0) is 6.61 Å². The molecule has 1 heterocycles. The van der Waals surface area contributed by atoms with Crippen molar-refractivity contribution in [2.75, 3.05) is 0 Å². The number of hydrogen-bond acceptors (Lipinski definition) is 5. The van der Waals surface area contributed by atoms with Crippen LogP contribution in [0, 0.1) is 6.92 Å². The summed E-state index contributed by atoms with van der Waals surface area (Å²) in [5.74, 6) is 1.01. The van der Waals surface area contributed by atoms with Crippen LogP contribution in [-0.4, -0.2) is 25.5 Å². The number of nitrogens with zero attached hydrogens (tertiary/aromatic N) is 4. The second-order valence-electron chi connectivity index (χ2n) is 3.24. The van der Waals surface area contributed by atoms with Gasteiger partial charge in [-0.2, -0.15) is 0 Å². The number of benzene rings is 1. The summed E-state index contributed by atoms with van der Waals surface area (Å²) in [6, 6.07) is 5.46. The fourth-order valence-corrected chi connectivity index (χ4v) is 1.71. The maximum atomic E-state index is 9.03. The van der Waals surface area contributed by atoms with E-state index in [9.17, 15) is 0 Å². The molecule has 16 heavy (non-hydrogen) atoms. The van der Waals surface area contributed by atoms with E-state index in [2.05, 4.69) is 36.3 Å². The Morgan fingerprint density at radius 2 is 1.88 bits per heavy atom. The fraction of sp³-hybridized carbons (Fsp3) is 0.200. The van der Waals surface area contributed by atoms with Gasteiger partial charge in [0.05, 0.1) is 6.61 Å². The van der Waals surface area contributed by atoms with Crippen molar-refractivity contribution in [2.24, 2.45) is 0 Å². The first kappa shape index (κ1) is 11.1. The Labute approximate surface area is 101 Å². The summed E-state index contributed by atoms with van der Waals surface area (Å²) in [6.45, 7) is 1.72. The molecule has 82 valence electrons. The molecule has 6 heteroatoms. The Morgan fingerprint density at radius 1 is 1.19 bits per heavy atom. The largest absolute Gasteiger partial charge is 0.392 e. The van der Waals surface area contributed by atoms with Crippen LogP contribution in [0.5, 0.6) is 0 Å². The second kappa shape index (κ2) is 4.63. The highest BCUT2D eigenvalue weighted by atomic mass is 79.9. The predicted octanol–water partition coefficient (Wildman–Crippen LogP) is 1.50. The lowest BCUT2D eigenvalue weighted by Gasteiger charge is -2.03. The first-order chi connectivity index (χ1) is 7.70. The van der Waals surface area contributed by atoms with Gasteiger partial charge < -0.3 is 5.11 Å². The Bertz CT molecular complexity index is 501. The van der Waals surface area contributed by atoms with Gasteiger partial charge in [0, 0.05) is 10.0 Å². The zero-order valence-electron chi connectivity index (χ0n) is 8.55. The van der Waals surface area contributed by atoms with Crippen molar-refractivity contribution in [3.05, 3.63) is 34.1 Å². The van der Waals surface area contributed by atoms with E-state index in [1.165, 1.54) is 0 Å². The van der Waals surface area contributed by atoms with Gasteiger partial charge >= 0.3 is 0 Å². The molecule has 0 saturated carbocycles. The van der Waals surface area contributed by atoms with Gasteiger partial charge in [-0.3, -0.25) is 0 Å². The lowest BCUT2D eigenvalue weighted by atomic mass is 10.1. The molecule has 2 aromatic rings. The Kier molecular flexibility index (Phi) is 3.21. The molecular formula is C10H9BrN4O. The monoisotopic (exact) mass is 280 g/mol. The van der Waals surface area contributed by atoms with Crippen LogP contribution in [0.15, 0.2) is 22.7 Å². The zero-order valence-corrected chi connectivity index (χ0v) is 10.1. The average Bonchev–Trinajstić information content (AvgIpc) is 2.30. The van der Waals surface area contributed by atoms with E-state index in [-0.39, 0.29) is 6.61 Å². The van der Waals surface area contributed by atoms with E-state index in [0.717, 1.165) is 15.6 Å². The standard InChI is InChI=1S/C10H9BrN4O/c1-6-12-14-10(15-13-6)7-2-3-8(5-16)9(11)4-7/h2-4,16H,5H2,1H3. The van der Waals surface area contributed by atoms with Crippen molar-refractivity contribution in [1.82, 2.24) is 20.4 Å². The number of aliphatic hydroxyl groups is 1. The summed E-state index contributed by atoms with van der Waals surface area (Å²) in [7, 11) is 0. The maximum absolute atomic E-state index is 9.03. The molecule has 0 atom stereocenters. The molecule has 0 bridgehead atoms. The second-order valence-corrected chi connectivity index (χ2v) is 4.09. The van der Waals surface area contributed by atoms with E-state index in [1.54, 1.807) is 6.92 Å². The first-order valence-corrected chi connectivity index (χ1v) is 5.43. The molecular weight excluding hydrogens is 272 g/mol. The molecule has 0 unspecified atom stereocenters. The molecule has 0 aliphatic rings. The zero-order chi connectivity index (χ0) is 11.5. The van der Waals surface area contributed by atoms with Crippen LogP contribution < -0.4 is 0 Å². The van der Waals surface area contributed by atoms with Crippen molar-refractivity contribution in [1.29, 1.82) is 0 Å². The first-order valence-electron chi connectivity index (χ1n) is 4.64. The van der Waals surface area contributed by atoms with Crippen molar-refractivity contribution < 1.29 is 5.11 Å². The number of aromatic nitrogens is 4. The molecule has 0 aliphatic carbocycles. The van der Waals surface area contributed by atoms with Crippen LogP contribution in [0.4, 0.5) is 0 Å². The lowest BCUT2D eigenvalue weighted by Crippen LogP contribution is -1.98. The van der Waals surface area contributed by atoms with Crippen LogP contribution >= 0.6 is 15.9 Å². The Morgan fingerprint density at radius 3 is 2.44 bits per heavy atom. The molecule has 0 fully saturated rings. The molecule has 5 nitrogen and oxygen atoms in total. The summed E-state index contributed by atoms with van der Waals surface area (Å²) >= 11 is 3.36. The molecule has 0 amide bonds. The molecule has 0 spiro atoms. The molecule has 2 rings (SSSR count). The molecule has 1 aromatic heterocycles. The minimum Gasteiger partial charge on any atom is -0.392 e. The van der Waals surface area contributed by atoms with Gasteiger partial charge in [0.15, 0.2) is 5.82 Å². The van der Waals surface area contributed by atoms with Gasteiger partial charge in [-0.25, -0.2) is 0 Å². The van der Waals surface area contributed by atoms with Crippen LogP contribution in [0.25, 0.3) is 11.4 Å². The van der Waals surface area contributed by atoms with Crippen molar-refractivity contribution >= 4 is 15.9 Å². The number of aryl methyl sites for hydroxylation is 1. The average molecular weight is 281 g/mol. The van der Waals surface area contributed by atoms with Crippen molar-refractivity contribution in [3.63, 3.8) is 0 Å². The van der Waals surface area contributed by atoms with E-state index in [0.29, 0.717) is 11.6 Å². The van der Waals surface area contributed by atoms with Crippen LogP contribution in [0.3, 0.4) is 0 Å². The smallest absolute Gasteiger partial charge is 0.203 e. The summed E-state index contributed by atoms with van der Waals surface area (Å²) in [4.78, 5) is 0. The van der Waals surface area contributed by atoms with E-state index in [1.807, 2.05) is 18.2 Å². The van der Waals surface area contributed by atoms with Gasteiger partial charge in [-0.15, -0.1) is 20.4 Å². The van der Waals surface area contributed by atoms with Crippen LogP contribution in [0.1, 0.15) is 11.4 Å². The van der Waals surface area contributed by atoms with Crippen LogP contribution in [0.2, 0.25) is 0 Å². The molecule has 0 saturated heterocycles. The molecule has 0 radical (unpaired) electrons. The summed E-state index contributed by atoms with van der Waals surface area (Å²) in [5, 5.41) is 24.6. The number of aliphatic hydroxyl groups excluding tert-OH is 1. The predicted molar refractivity (Wildman–Crippen MR) is 61.4 cm³/mol. The Hall–Kier alpha value is -1.40. The number of halogens is 1. The van der Waals surface area contributed by atoms with Gasteiger partial charge in [0.2, 0.25) is 5.82 Å². The highest BCUT2D eigenvalue weighted by molar-refractivity contribution is 9.10. The lowest BCUT2D eigenvalue weighted by molar-refractivity contribution is 0.281. The van der Waals surface area contributed by atoms with Crippen molar-refractivity contribution in [2.45, 2.75) is 13.5 Å². The SMILES string of the molecule is Cc1nnc(-c2ccc(CO)c(Br)c2)nn1. The number of hydrogen-bond donors (Lipinski definition) is 1. The third kappa shape index (κ3) is 2.23. The third-order valence-corrected chi connectivity index (χ3v) is 2.80. The molecule has 1 N–H and O–H groups in total. The van der Waals surface area contributed by atoms with Gasteiger partial charge in [-0.05, 0) is 18.6 Å². The fourth-order valence-electron chi connectivity index (χ4n) is 1.21. The molecule has 0 aliphatic heterocycles. The minimum absolute atomic E-state index is 0.00782. The quantitative estimate of drug-likeness (QED) is 0.903.